The third-order valence-corrected chi connectivity index (χ3v) is 3.18. The largest absolute Gasteiger partial charge is 0.487 e. The molecular formula is C11H20OS2. The highest BCUT2D eigenvalue weighted by molar-refractivity contribution is 7.82. The van der Waals surface area contributed by atoms with Crippen LogP contribution in [0.4, 0.5) is 0 Å². The van der Waals surface area contributed by atoms with Crippen molar-refractivity contribution in [3.05, 3.63) is 0 Å². The van der Waals surface area contributed by atoms with Gasteiger partial charge < -0.3 is 4.74 Å². The first-order chi connectivity index (χ1) is 6.41. The summed E-state index contributed by atoms with van der Waals surface area (Å²) in [5.74, 6) is 0.944. The van der Waals surface area contributed by atoms with E-state index in [4.69, 9.17) is 29.2 Å². The van der Waals surface area contributed by atoms with E-state index in [-0.39, 0.29) is 5.92 Å². The quantitative estimate of drug-likeness (QED) is 0.670. The summed E-state index contributed by atoms with van der Waals surface area (Å²) in [4.78, 5) is 1.01. The Balaban J connectivity index is 4.60. The third-order valence-electron chi connectivity index (χ3n) is 2.08. The molecule has 0 aromatic rings. The van der Waals surface area contributed by atoms with Crippen LogP contribution in [-0.4, -0.2) is 16.5 Å². The summed E-state index contributed by atoms with van der Waals surface area (Å²) in [6.45, 7) is 11.0. The molecule has 1 nitrogen and oxygen atoms in total. The van der Waals surface area contributed by atoms with Crippen LogP contribution in [0.5, 0.6) is 0 Å². The lowest BCUT2D eigenvalue weighted by Gasteiger charge is -2.24. The Kier molecular flexibility index (Phi) is 6.45. The Morgan fingerprint density at radius 3 is 1.93 bits per heavy atom. The minimum absolute atomic E-state index is 0.139. The van der Waals surface area contributed by atoms with Crippen LogP contribution in [0.25, 0.3) is 0 Å². The second-order valence-electron chi connectivity index (χ2n) is 4.03. The van der Waals surface area contributed by atoms with Crippen LogP contribution in [0, 0.1) is 17.8 Å². The lowest BCUT2D eigenvalue weighted by Crippen LogP contribution is -2.31. The third kappa shape index (κ3) is 4.01. The molecule has 0 aliphatic rings. The summed E-state index contributed by atoms with van der Waals surface area (Å²) in [6.07, 6.45) is 0. The molecule has 3 heteroatoms. The molecule has 1 unspecified atom stereocenters. The highest BCUT2D eigenvalue weighted by Gasteiger charge is 2.25. The van der Waals surface area contributed by atoms with Crippen molar-refractivity contribution in [1.29, 1.82) is 0 Å². The normalized spacial score (nSPS) is 13.1. The lowest BCUT2D eigenvalue weighted by molar-refractivity contribution is 0.310. The van der Waals surface area contributed by atoms with Crippen molar-refractivity contribution < 1.29 is 4.74 Å². The van der Waals surface area contributed by atoms with Gasteiger partial charge in [-0.1, -0.05) is 39.9 Å². The number of thiocarbonyl (C=S) groups is 2. The van der Waals surface area contributed by atoms with Gasteiger partial charge in [0.15, 0.2) is 5.05 Å². The van der Waals surface area contributed by atoms with Gasteiger partial charge >= 0.3 is 0 Å². The Morgan fingerprint density at radius 1 is 1.14 bits per heavy atom. The van der Waals surface area contributed by atoms with Crippen LogP contribution in [0.1, 0.15) is 34.6 Å². The fraction of sp³-hybridized carbons (Fsp3) is 0.818. The molecule has 82 valence electrons. The molecule has 0 N–H and O–H groups in total. The molecule has 0 aromatic heterocycles. The molecule has 1 atom stereocenters. The van der Waals surface area contributed by atoms with Crippen LogP contribution in [0.15, 0.2) is 0 Å². The number of hydrogen-bond donors (Lipinski definition) is 0. The van der Waals surface area contributed by atoms with Gasteiger partial charge in [-0.3, -0.25) is 0 Å². The van der Waals surface area contributed by atoms with Crippen LogP contribution in [0.3, 0.4) is 0 Å². The van der Waals surface area contributed by atoms with Gasteiger partial charge in [-0.15, -0.1) is 0 Å². The molecule has 0 saturated heterocycles. The average molecular weight is 232 g/mol. The minimum atomic E-state index is 0.139. The van der Waals surface area contributed by atoms with Crippen LogP contribution >= 0.6 is 24.4 Å². The number of hydrogen-bond acceptors (Lipinski definition) is 3. The van der Waals surface area contributed by atoms with E-state index in [9.17, 15) is 0 Å². The second kappa shape index (κ2) is 6.46. The van der Waals surface area contributed by atoms with Gasteiger partial charge in [0, 0.05) is 4.86 Å². The van der Waals surface area contributed by atoms with E-state index in [0.717, 1.165) is 4.86 Å². The van der Waals surface area contributed by atoms with Crippen molar-refractivity contribution in [2.45, 2.75) is 34.6 Å². The summed E-state index contributed by atoms with van der Waals surface area (Å²) in [5, 5.41) is 0.654. The molecule has 0 rings (SSSR count). The van der Waals surface area contributed by atoms with Gasteiger partial charge in [0.05, 0.1) is 12.5 Å². The summed E-state index contributed by atoms with van der Waals surface area (Å²) in [7, 11) is 0. The molecule has 0 spiro atoms. The molecule has 0 fully saturated rings. The van der Waals surface area contributed by atoms with E-state index in [1.807, 2.05) is 6.92 Å². The van der Waals surface area contributed by atoms with Crippen molar-refractivity contribution in [3.8, 4) is 0 Å². The summed E-state index contributed by atoms with van der Waals surface area (Å²) >= 11 is 10.6. The Bertz CT molecular complexity index is 209. The van der Waals surface area contributed by atoms with E-state index in [2.05, 4.69) is 27.7 Å². The Morgan fingerprint density at radius 2 is 1.64 bits per heavy atom. The predicted octanol–water partition coefficient (Wildman–Crippen LogP) is 3.65. The van der Waals surface area contributed by atoms with Crippen LogP contribution in [0.2, 0.25) is 0 Å². The smallest absolute Gasteiger partial charge is 0.167 e. The van der Waals surface area contributed by atoms with Gasteiger partial charge in [0.25, 0.3) is 0 Å². The second-order valence-corrected chi connectivity index (χ2v) is 4.90. The number of ether oxygens (including phenoxy) is 1. The molecule has 0 amide bonds. The van der Waals surface area contributed by atoms with Crippen LogP contribution in [-0.2, 0) is 4.74 Å². The van der Waals surface area contributed by atoms with Gasteiger partial charge in [-0.2, -0.15) is 0 Å². The summed E-state index contributed by atoms with van der Waals surface area (Å²) < 4.78 is 5.38. The highest BCUT2D eigenvalue weighted by Crippen LogP contribution is 2.21. The highest BCUT2D eigenvalue weighted by atomic mass is 32.1. The number of rotatable bonds is 5. The first-order valence-electron chi connectivity index (χ1n) is 5.12. The van der Waals surface area contributed by atoms with Crippen molar-refractivity contribution in [1.82, 2.24) is 0 Å². The zero-order valence-corrected chi connectivity index (χ0v) is 11.3. The summed E-state index contributed by atoms with van der Waals surface area (Å²) in [5.41, 5.74) is 0. The first kappa shape index (κ1) is 14.0. The first-order valence-corrected chi connectivity index (χ1v) is 5.93. The molecular weight excluding hydrogens is 212 g/mol. The monoisotopic (exact) mass is 232 g/mol. The lowest BCUT2D eigenvalue weighted by atomic mass is 9.88. The standard InChI is InChI=1S/C11H20OS2/c1-6-12-11(14)9(7(2)3)10(13)8(4)5/h7-9H,6H2,1-5H3. The molecule has 0 aliphatic carbocycles. The maximum absolute atomic E-state index is 5.40. The fourth-order valence-corrected chi connectivity index (χ4v) is 2.28. The maximum Gasteiger partial charge on any atom is 0.167 e. The van der Waals surface area contributed by atoms with E-state index in [0.29, 0.717) is 23.5 Å². The SMILES string of the molecule is CCOC(=S)C(C(=S)C(C)C)C(C)C. The van der Waals surface area contributed by atoms with E-state index in [1.165, 1.54) is 0 Å². The van der Waals surface area contributed by atoms with Gasteiger partial charge in [-0.05, 0) is 31.0 Å². The van der Waals surface area contributed by atoms with Crippen molar-refractivity contribution in [3.63, 3.8) is 0 Å². The predicted molar refractivity (Wildman–Crippen MR) is 70.0 cm³/mol. The average Bonchev–Trinajstić information content (AvgIpc) is 2.03. The van der Waals surface area contributed by atoms with E-state index in [1.54, 1.807) is 0 Å². The Labute approximate surface area is 98.2 Å². The summed E-state index contributed by atoms with van der Waals surface area (Å²) in [6, 6.07) is 0. The van der Waals surface area contributed by atoms with Crippen molar-refractivity contribution in [2.24, 2.45) is 17.8 Å². The van der Waals surface area contributed by atoms with E-state index < -0.39 is 0 Å². The Hall–Kier alpha value is -0.0200. The van der Waals surface area contributed by atoms with Gasteiger partial charge in [0.2, 0.25) is 0 Å². The molecule has 0 aromatic carbocycles. The zero-order valence-electron chi connectivity index (χ0n) is 9.66. The fourth-order valence-electron chi connectivity index (χ4n) is 1.31. The van der Waals surface area contributed by atoms with Crippen molar-refractivity contribution >= 4 is 34.4 Å². The minimum Gasteiger partial charge on any atom is -0.487 e. The molecule has 0 heterocycles. The molecule has 0 saturated carbocycles. The van der Waals surface area contributed by atoms with Crippen LogP contribution < -0.4 is 0 Å². The van der Waals surface area contributed by atoms with E-state index >= 15 is 0 Å². The zero-order chi connectivity index (χ0) is 11.3. The van der Waals surface area contributed by atoms with Gasteiger partial charge in [-0.25, -0.2) is 0 Å². The van der Waals surface area contributed by atoms with Gasteiger partial charge in [0.1, 0.15) is 0 Å². The molecule has 0 aliphatic heterocycles. The molecule has 0 bridgehead atoms. The maximum atomic E-state index is 5.40. The topological polar surface area (TPSA) is 9.23 Å². The van der Waals surface area contributed by atoms with Crippen molar-refractivity contribution in [2.75, 3.05) is 6.61 Å². The molecule has 14 heavy (non-hydrogen) atoms. The molecule has 0 radical (unpaired) electrons.